The third-order valence-electron chi connectivity index (χ3n) is 7.24. The Morgan fingerprint density at radius 3 is 2.06 bits per heavy atom. The molecule has 2 bridgehead atoms. The van der Waals surface area contributed by atoms with E-state index in [2.05, 4.69) is 15.9 Å². The molecular weight excluding hydrogens is 454 g/mol. The normalized spacial score (nSPS) is 27.7. The predicted octanol–water partition coefficient (Wildman–Crippen LogP) is 4.59. The predicted molar refractivity (Wildman–Crippen MR) is 120 cm³/mol. The van der Waals surface area contributed by atoms with E-state index in [4.69, 9.17) is 0 Å². The highest BCUT2D eigenvalue weighted by atomic mass is 79.9. The van der Waals surface area contributed by atoms with Crippen molar-refractivity contribution in [2.45, 2.75) is 18.3 Å². The van der Waals surface area contributed by atoms with Crippen LogP contribution in [0.2, 0.25) is 0 Å². The molecule has 0 unspecified atom stereocenters. The van der Waals surface area contributed by atoms with Gasteiger partial charge in [0.2, 0.25) is 11.8 Å². The highest BCUT2D eigenvalue weighted by molar-refractivity contribution is 9.10. The largest absolute Gasteiger partial charge is 0.299 e. The Hall–Kier alpha value is -3.05. The van der Waals surface area contributed by atoms with Gasteiger partial charge in [-0.2, -0.15) is 0 Å². The molecule has 0 spiro atoms. The maximum absolute atomic E-state index is 13.9. The lowest BCUT2D eigenvalue weighted by Crippen LogP contribution is -2.57. The Morgan fingerprint density at radius 2 is 1.48 bits per heavy atom. The second kappa shape index (κ2) is 6.24. The first-order chi connectivity index (χ1) is 15.0. The summed E-state index contributed by atoms with van der Waals surface area (Å²) >= 11 is 3.44. The summed E-state index contributed by atoms with van der Waals surface area (Å²) in [6.07, 6.45) is 0. The smallest absolute Gasteiger partial charge is 0.239 e. The molecule has 4 aliphatic rings. The van der Waals surface area contributed by atoms with Crippen LogP contribution in [-0.4, -0.2) is 17.6 Å². The molecule has 0 N–H and O–H groups in total. The zero-order valence-electron chi connectivity index (χ0n) is 16.7. The molecule has 2 amide bonds. The summed E-state index contributed by atoms with van der Waals surface area (Å²) in [6.45, 7) is 1.55. The average molecular weight is 472 g/mol. The summed E-state index contributed by atoms with van der Waals surface area (Å²) in [7, 11) is 0. The van der Waals surface area contributed by atoms with Crippen LogP contribution in [0, 0.1) is 11.8 Å². The maximum atomic E-state index is 13.9. The minimum atomic E-state index is -1.15. The number of hydrogen-bond donors (Lipinski definition) is 0. The summed E-state index contributed by atoms with van der Waals surface area (Å²) < 4.78 is 0.788. The standard InChI is InChI=1S/C26H18BrNO3/c1-14(29)26-19-11-4-2-9-17(19)21(18-10-3-5-12-20(18)26)22-23(26)25(31)28(24(22)30)16-8-6-7-15(27)13-16/h2-13,21-23H,1H3/t21?,22-,23-,26?/m1/s1. The third kappa shape index (κ3) is 2.12. The number of amides is 2. The Morgan fingerprint density at radius 1 is 0.871 bits per heavy atom. The first-order valence-corrected chi connectivity index (χ1v) is 11.1. The van der Waals surface area contributed by atoms with Gasteiger partial charge >= 0.3 is 0 Å². The van der Waals surface area contributed by atoms with Gasteiger partial charge in [-0.25, -0.2) is 4.90 Å². The average Bonchev–Trinajstić information content (AvgIpc) is 3.04. The van der Waals surface area contributed by atoms with E-state index < -0.39 is 17.3 Å². The molecule has 0 aromatic heterocycles. The van der Waals surface area contributed by atoms with Gasteiger partial charge in [0.05, 0.1) is 22.9 Å². The van der Waals surface area contributed by atoms with E-state index in [-0.39, 0.29) is 23.5 Å². The molecule has 1 heterocycles. The zero-order chi connectivity index (χ0) is 21.5. The number of halogens is 1. The third-order valence-corrected chi connectivity index (χ3v) is 7.73. The number of carbonyl (C=O) groups is 3. The number of imide groups is 1. The molecule has 31 heavy (non-hydrogen) atoms. The van der Waals surface area contributed by atoms with Gasteiger partial charge in [-0.05, 0) is 47.4 Å². The molecule has 3 aromatic carbocycles. The maximum Gasteiger partial charge on any atom is 0.239 e. The van der Waals surface area contributed by atoms with Crippen LogP contribution >= 0.6 is 15.9 Å². The molecule has 4 nitrogen and oxygen atoms in total. The van der Waals surface area contributed by atoms with Crippen molar-refractivity contribution in [2.24, 2.45) is 11.8 Å². The van der Waals surface area contributed by atoms with Crippen molar-refractivity contribution in [3.05, 3.63) is 99.5 Å². The molecule has 1 fully saturated rings. The summed E-state index contributed by atoms with van der Waals surface area (Å²) in [4.78, 5) is 42.5. The summed E-state index contributed by atoms with van der Waals surface area (Å²) in [5.74, 6) is -2.21. The SMILES string of the molecule is CC(=O)C12c3ccccc3C(c3ccccc31)[C@H]1C(=O)N(c3cccc(Br)c3)C(=O)[C@@H]12. The van der Waals surface area contributed by atoms with Gasteiger partial charge in [0.15, 0.2) is 0 Å². The van der Waals surface area contributed by atoms with E-state index in [9.17, 15) is 14.4 Å². The van der Waals surface area contributed by atoms with Crippen molar-refractivity contribution in [2.75, 3.05) is 4.90 Å². The number of anilines is 1. The molecule has 1 aliphatic heterocycles. The van der Waals surface area contributed by atoms with E-state index in [1.54, 1.807) is 25.1 Å². The number of rotatable bonds is 2. The lowest BCUT2D eigenvalue weighted by Gasteiger charge is -2.52. The number of benzene rings is 3. The van der Waals surface area contributed by atoms with E-state index >= 15 is 0 Å². The molecule has 3 aliphatic carbocycles. The quantitative estimate of drug-likeness (QED) is 0.513. The van der Waals surface area contributed by atoms with Gasteiger partial charge in [0.25, 0.3) is 0 Å². The van der Waals surface area contributed by atoms with Crippen molar-refractivity contribution in [3.63, 3.8) is 0 Å². The fraction of sp³-hybridized carbons (Fsp3) is 0.192. The fourth-order valence-corrected chi connectivity index (χ4v) is 6.63. The minimum absolute atomic E-state index is 0.0993. The molecule has 0 saturated carbocycles. The first-order valence-electron chi connectivity index (χ1n) is 10.3. The van der Waals surface area contributed by atoms with Crippen LogP contribution in [0.3, 0.4) is 0 Å². The summed E-state index contributed by atoms with van der Waals surface area (Å²) in [6, 6.07) is 22.8. The molecule has 1 saturated heterocycles. The van der Waals surface area contributed by atoms with Gasteiger partial charge in [-0.1, -0.05) is 70.5 Å². The Balaban J connectivity index is 1.68. The van der Waals surface area contributed by atoms with Crippen LogP contribution in [-0.2, 0) is 19.8 Å². The Kier molecular flexibility index (Phi) is 3.76. The van der Waals surface area contributed by atoms with Crippen molar-refractivity contribution in [1.82, 2.24) is 0 Å². The molecule has 152 valence electrons. The van der Waals surface area contributed by atoms with Crippen LogP contribution in [0.5, 0.6) is 0 Å². The molecule has 0 radical (unpaired) electrons. The summed E-state index contributed by atoms with van der Waals surface area (Å²) in [5.41, 5.74) is 3.07. The Labute approximate surface area is 188 Å². The van der Waals surface area contributed by atoms with E-state index in [0.717, 1.165) is 26.7 Å². The van der Waals surface area contributed by atoms with Crippen LogP contribution in [0.25, 0.3) is 0 Å². The molecule has 5 heteroatoms. The minimum Gasteiger partial charge on any atom is -0.299 e. The molecule has 3 aromatic rings. The Bertz CT molecular complexity index is 1270. The van der Waals surface area contributed by atoms with Crippen LogP contribution in [0.4, 0.5) is 5.69 Å². The van der Waals surface area contributed by atoms with Crippen LogP contribution in [0.15, 0.2) is 77.3 Å². The number of ketones is 1. The van der Waals surface area contributed by atoms with Gasteiger partial charge in [0.1, 0.15) is 5.78 Å². The van der Waals surface area contributed by atoms with E-state index in [1.807, 2.05) is 54.6 Å². The fourth-order valence-electron chi connectivity index (χ4n) is 6.24. The topological polar surface area (TPSA) is 54.5 Å². The number of hydrogen-bond acceptors (Lipinski definition) is 3. The summed E-state index contributed by atoms with van der Waals surface area (Å²) in [5, 5.41) is 0. The second-order valence-corrected chi connectivity index (χ2v) is 9.43. The van der Waals surface area contributed by atoms with Gasteiger partial charge in [-0.15, -0.1) is 0 Å². The van der Waals surface area contributed by atoms with E-state index in [0.29, 0.717) is 5.69 Å². The lowest BCUT2D eigenvalue weighted by molar-refractivity contribution is -0.132. The lowest BCUT2D eigenvalue weighted by atomic mass is 9.46. The van der Waals surface area contributed by atoms with Crippen molar-refractivity contribution in [3.8, 4) is 0 Å². The highest BCUT2D eigenvalue weighted by Crippen LogP contribution is 2.64. The monoisotopic (exact) mass is 471 g/mol. The van der Waals surface area contributed by atoms with Crippen molar-refractivity contribution in [1.29, 1.82) is 0 Å². The van der Waals surface area contributed by atoms with Gasteiger partial charge < -0.3 is 0 Å². The molecular formula is C26H18BrNO3. The first kappa shape index (κ1) is 18.7. The molecule has 2 atom stereocenters. The van der Waals surface area contributed by atoms with Crippen molar-refractivity contribution >= 4 is 39.2 Å². The van der Waals surface area contributed by atoms with Gasteiger partial charge in [-0.3, -0.25) is 14.4 Å². The molecule has 7 rings (SSSR count). The van der Waals surface area contributed by atoms with Gasteiger partial charge in [0, 0.05) is 10.4 Å². The van der Waals surface area contributed by atoms with Crippen LogP contribution < -0.4 is 4.90 Å². The number of nitrogens with zero attached hydrogens (tertiary/aromatic N) is 1. The van der Waals surface area contributed by atoms with Crippen LogP contribution in [0.1, 0.15) is 35.1 Å². The zero-order valence-corrected chi connectivity index (χ0v) is 18.3. The second-order valence-electron chi connectivity index (χ2n) is 8.51. The highest BCUT2D eigenvalue weighted by Gasteiger charge is 2.69. The van der Waals surface area contributed by atoms with E-state index in [1.165, 1.54) is 4.90 Å². The van der Waals surface area contributed by atoms with Crippen molar-refractivity contribution < 1.29 is 14.4 Å². The number of carbonyl (C=O) groups excluding carboxylic acids is 3. The number of Topliss-reactive ketones (excluding diaryl/α,β-unsaturated/α-hetero) is 1.